The number of ether oxygens (including phenoxy) is 2. The van der Waals surface area contributed by atoms with Crippen LogP contribution in [0.5, 0.6) is 0 Å². The van der Waals surface area contributed by atoms with Crippen molar-refractivity contribution in [1.82, 2.24) is 0 Å². The Labute approximate surface area is 71.4 Å². The molecule has 0 spiro atoms. The van der Waals surface area contributed by atoms with Crippen molar-refractivity contribution in [1.29, 1.82) is 5.26 Å². The summed E-state index contributed by atoms with van der Waals surface area (Å²) >= 11 is 0. The minimum atomic E-state index is -0.693. The summed E-state index contributed by atoms with van der Waals surface area (Å²) in [6.07, 6.45) is -0.354. The monoisotopic (exact) mass is 169 g/mol. The molecule has 0 saturated carbocycles. The first kappa shape index (κ1) is 10.7. The zero-order valence-electron chi connectivity index (χ0n) is 7.16. The zero-order chi connectivity index (χ0) is 9.56. The van der Waals surface area contributed by atoms with Crippen LogP contribution in [0, 0.1) is 11.3 Å². The van der Waals surface area contributed by atoms with E-state index in [-0.39, 0.29) is 11.7 Å². The van der Waals surface area contributed by atoms with E-state index in [0.29, 0.717) is 6.61 Å². The average Bonchev–Trinajstić information content (AvgIpc) is 2.03. The molecule has 0 rings (SSSR count). The number of carbonyl (C=O) groups is 1. The number of carbonyl (C=O) groups excluding carboxylic acids is 1. The van der Waals surface area contributed by atoms with Gasteiger partial charge in [-0.1, -0.05) is 6.58 Å². The average molecular weight is 169 g/mol. The summed E-state index contributed by atoms with van der Waals surface area (Å²) in [7, 11) is 1.50. The lowest BCUT2D eigenvalue weighted by Crippen LogP contribution is -2.20. The molecule has 0 N–H and O–H groups in total. The topological polar surface area (TPSA) is 59.3 Å². The van der Waals surface area contributed by atoms with Crippen LogP contribution in [0.2, 0.25) is 0 Å². The highest BCUT2D eigenvalue weighted by Crippen LogP contribution is 1.97. The van der Waals surface area contributed by atoms with Crippen LogP contribution in [0.15, 0.2) is 12.2 Å². The number of esters is 1. The molecule has 0 amide bonds. The molecule has 12 heavy (non-hydrogen) atoms. The van der Waals surface area contributed by atoms with E-state index in [1.165, 1.54) is 7.11 Å². The lowest BCUT2D eigenvalue weighted by molar-refractivity contribution is -0.145. The molecule has 0 aromatic rings. The van der Waals surface area contributed by atoms with Crippen molar-refractivity contribution >= 4 is 5.97 Å². The van der Waals surface area contributed by atoms with E-state index >= 15 is 0 Å². The number of methoxy groups -OCH3 is 1. The van der Waals surface area contributed by atoms with Crippen molar-refractivity contribution in [3.05, 3.63) is 12.2 Å². The van der Waals surface area contributed by atoms with E-state index in [1.807, 2.05) is 0 Å². The first-order valence-electron chi connectivity index (χ1n) is 3.40. The van der Waals surface area contributed by atoms with Gasteiger partial charge in [0.05, 0.1) is 6.61 Å². The lowest BCUT2D eigenvalue weighted by Gasteiger charge is -2.10. The number of hydrogen-bond donors (Lipinski definition) is 0. The smallest absolute Gasteiger partial charge is 0.348 e. The molecule has 0 aliphatic rings. The summed E-state index contributed by atoms with van der Waals surface area (Å²) in [6.45, 7) is 5.19. The Morgan fingerprint density at radius 1 is 1.75 bits per heavy atom. The van der Waals surface area contributed by atoms with Crippen molar-refractivity contribution in [3.63, 3.8) is 0 Å². The maximum Gasteiger partial charge on any atom is 0.348 e. The standard InChI is InChI=1S/C8H11NO3/c1-6(4-9)8(10)12-7(2)5-11-3/h7H,1,5H2,2-3H3. The van der Waals surface area contributed by atoms with Gasteiger partial charge in [0, 0.05) is 7.11 Å². The van der Waals surface area contributed by atoms with E-state index in [1.54, 1.807) is 13.0 Å². The molecule has 0 aliphatic heterocycles. The molecule has 4 heteroatoms. The van der Waals surface area contributed by atoms with Gasteiger partial charge in [-0.15, -0.1) is 0 Å². The summed E-state index contributed by atoms with van der Waals surface area (Å²) in [5.74, 6) is -0.693. The molecule has 1 atom stereocenters. The highest BCUT2D eigenvalue weighted by atomic mass is 16.6. The maximum absolute atomic E-state index is 10.9. The molecule has 0 aliphatic carbocycles. The molecule has 1 unspecified atom stereocenters. The predicted octanol–water partition coefficient (Wildman–Crippen LogP) is 0.644. The van der Waals surface area contributed by atoms with Crippen LogP contribution in [-0.2, 0) is 14.3 Å². The van der Waals surface area contributed by atoms with Gasteiger partial charge in [0.25, 0.3) is 0 Å². The number of nitriles is 1. The fraction of sp³-hybridized carbons (Fsp3) is 0.500. The minimum absolute atomic E-state index is 0.196. The minimum Gasteiger partial charge on any atom is -0.456 e. The Balaban J connectivity index is 3.86. The Morgan fingerprint density at radius 3 is 2.75 bits per heavy atom. The Morgan fingerprint density at radius 2 is 2.33 bits per heavy atom. The van der Waals surface area contributed by atoms with E-state index in [9.17, 15) is 4.79 Å². The molecule has 0 saturated heterocycles. The Bertz CT molecular complexity index is 217. The van der Waals surface area contributed by atoms with Crippen molar-refractivity contribution in [3.8, 4) is 6.07 Å². The fourth-order valence-corrected chi connectivity index (χ4v) is 0.568. The summed E-state index contributed by atoms with van der Waals surface area (Å²) in [4.78, 5) is 10.9. The van der Waals surface area contributed by atoms with Crippen LogP contribution >= 0.6 is 0 Å². The highest BCUT2D eigenvalue weighted by Gasteiger charge is 2.11. The van der Waals surface area contributed by atoms with Crippen molar-refractivity contribution in [2.75, 3.05) is 13.7 Å². The van der Waals surface area contributed by atoms with Gasteiger partial charge in [-0.2, -0.15) is 5.26 Å². The van der Waals surface area contributed by atoms with Crippen LogP contribution in [0.3, 0.4) is 0 Å². The van der Waals surface area contributed by atoms with E-state index in [4.69, 9.17) is 14.7 Å². The molecule has 0 bridgehead atoms. The molecule has 0 fully saturated rings. The second-order valence-corrected chi connectivity index (χ2v) is 2.26. The van der Waals surface area contributed by atoms with Crippen LogP contribution in [0.25, 0.3) is 0 Å². The van der Waals surface area contributed by atoms with E-state index in [2.05, 4.69) is 6.58 Å². The summed E-state index contributed by atoms with van der Waals surface area (Å²) in [6, 6.07) is 1.60. The van der Waals surface area contributed by atoms with E-state index < -0.39 is 5.97 Å². The third-order valence-electron chi connectivity index (χ3n) is 1.09. The van der Waals surface area contributed by atoms with Crippen molar-refractivity contribution in [2.24, 2.45) is 0 Å². The van der Waals surface area contributed by atoms with E-state index in [0.717, 1.165) is 0 Å². The third kappa shape index (κ3) is 3.74. The molecule has 0 radical (unpaired) electrons. The number of rotatable bonds is 4. The predicted molar refractivity (Wildman–Crippen MR) is 42.2 cm³/mol. The first-order valence-corrected chi connectivity index (χ1v) is 3.40. The van der Waals surface area contributed by atoms with Crippen LogP contribution in [-0.4, -0.2) is 25.8 Å². The molecule has 66 valence electrons. The van der Waals surface area contributed by atoms with Crippen LogP contribution in [0.1, 0.15) is 6.92 Å². The van der Waals surface area contributed by atoms with Crippen LogP contribution < -0.4 is 0 Å². The van der Waals surface area contributed by atoms with Gasteiger partial charge in [-0.3, -0.25) is 0 Å². The fourth-order valence-electron chi connectivity index (χ4n) is 0.568. The molecule has 0 aromatic heterocycles. The first-order chi connectivity index (χ1) is 5.61. The zero-order valence-corrected chi connectivity index (χ0v) is 7.16. The van der Waals surface area contributed by atoms with Gasteiger partial charge >= 0.3 is 5.97 Å². The Hall–Kier alpha value is -1.34. The number of nitrogens with zero attached hydrogens (tertiary/aromatic N) is 1. The van der Waals surface area contributed by atoms with Gasteiger partial charge in [0.1, 0.15) is 17.7 Å². The summed E-state index contributed by atoms with van der Waals surface area (Å²) in [5.41, 5.74) is -0.196. The van der Waals surface area contributed by atoms with Crippen molar-refractivity contribution in [2.45, 2.75) is 13.0 Å². The molecule has 4 nitrogen and oxygen atoms in total. The van der Waals surface area contributed by atoms with Gasteiger partial charge in [-0.25, -0.2) is 4.79 Å². The molecule has 0 heterocycles. The van der Waals surface area contributed by atoms with Gasteiger partial charge in [-0.05, 0) is 6.92 Å². The molecule has 0 aromatic carbocycles. The normalized spacial score (nSPS) is 11.4. The van der Waals surface area contributed by atoms with Gasteiger partial charge < -0.3 is 9.47 Å². The van der Waals surface area contributed by atoms with Crippen LogP contribution in [0.4, 0.5) is 0 Å². The number of hydrogen-bond acceptors (Lipinski definition) is 4. The second kappa shape index (κ2) is 5.33. The lowest BCUT2D eigenvalue weighted by atomic mass is 10.3. The second-order valence-electron chi connectivity index (χ2n) is 2.26. The Kier molecular flexibility index (Phi) is 4.73. The molecular formula is C8H11NO3. The highest BCUT2D eigenvalue weighted by molar-refractivity contribution is 5.91. The third-order valence-corrected chi connectivity index (χ3v) is 1.09. The molecular weight excluding hydrogens is 158 g/mol. The van der Waals surface area contributed by atoms with Crippen molar-refractivity contribution < 1.29 is 14.3 Å². The van der Waals surface area contributed by atoms with Gasteiger partial charge in [0.15, 0.2) is 0 Å². The quantitative estimate of drug-likeness (QED) is 0.352. The maximum atomic E-state index is 10.9. The summed E-state index contributed by atoms with van der Waals surface area (Å²) < 4.78 is 9.49. The van der Waals surface area contributed by atoms with Gasteiger partial charge in [0.2, 0.25) is 0 Å². The largest absolute Gasteiger partial charge is 0.456 e. The SMILES string of the molecule is C=C(C#N)C(=O)OC(C)COC. The summed E-state index contributed by atoms with van der Waals surface area (Å²) in [5, 5.41) is 8.27.